The van der Waals surface area contributed by atoms with Gasteiger partial charge in [-0.3, -0.25) is 10.1 Å². The van der Waals surface area contributed by atoms with Gasteiger partial charge in [0.1, 0.15) is 0 Å². The molecule has 4 heteroatoms. The van der Waals surface area contributed by atoms with Crippen molar-refractivity contribution in [2.75, 3.05) is 5.32 Å². The molecule has 2 rings (SSSR count). The number of imidazole rings is 1. The Hall–Kier alpha value is -1.32. The molecule has 4 nitrogen and oxygen atoms in total. The van der Waals surface area contributed by atoms with Crippen LogP contribution >= 0.6 is 0 Å². The van der Waals surface area contributed by atoms with E-state index in [0.717, 1.165) is 13.0 Å². The molecule has 1 aliphatic rings. The van der Waals surface area contributed by atoms with E-state index in [1.807, 2.05) is 24.6 Å². The van der Waals surface area contributed by atoms with Crippen molar-refractivity contribution in [2.45, 2.75) is 33.2 Å². The van der Waals surface area contributed by atoms with E-state index in [1.165, 1.54) is 0 Å². The summed E-state index contributed by atoms with van der Waals surface area (Å²) in [6.07, 6.45) is 5.07. The average Bonchev–Trinajstić information content (AvgIpc) is 2.50. The molecule has 0 spiro atoms. The van der Waals surface area contributed by atoms with Crippen LogP contribution in [0, 0.1) is 0 Å². The lowest BCUT2D eigenvalue weighted by Gasteiger charge is -1.99. The minimum absolute atomic E-state index is 0.0648. The highest BCUT2D eigenvalue weighted by Crippen LogP contribution is 2.11. The Morgan fingerprint density at radius 2 is 2.31 bits per heavy atom. The highest BCUT2D eigenvalue weighted by atomic mass is 16.1. The van der Waals surface area contributed by atoms with Gasteiger partial charge in [0.05, 0.1) is 0 Å². The maximum atomic E-state index is 11.0. The van der Waals surface area contributed by atoms with Crippen LogP contribution in [-0.4, -0.2) is 15.5 Å². The van der Waals surface area contributed by atoms with Gasteiger partial charge in [0.15, 0.2) is 0 Å². The van der Waals surface area contributed by atoms with Crippen molar-refractivity contribution in [1.82, 2.24) is 9.55 Å². The minimum atomic E-state index is 0.0648. The van der Waals surface area contributed by atoms with Crippen LogP contribution in [0.5, 0.6) is 0 Å². The molecule has 13 heavy (non-hydrogen) atoms. The smallest absolute Gasteiger partial charge is 0.226 e. The molecule has 0 fully saturated rings. The first-order valence-corrected chi connectivity index (χ1v) is 4.67. The first-order valence-electron chi connectivity index (χ1n) is 4.67. The number of rotatable bonds is 0. The number of carbonyl (C=O) groups is 1. The van der Waals surface area contributed by atoms with Crippen LogP contribution in [0.3, 0.4) is 0 Å². The molecule has 1 aromatic rings. The van der Waals surface area contributed by atoms with Gasteiger partial charge in [-0.05, 0) is 6.42 Å². The maximum Gasteiger partial charge on any atom is 0.226 e. The molecule has 1 amide bonds. The molecular formula is C9H15N3O. The zero-order valence-electron chi connectivity index (χ0n) is 8.08. The minimum Gasteiger partial charge on any atom is -0.317 e. The van der Waals surface area contributed by atoms with E-state index < -0.39 is 0 Å². The van der Waals surface area contributed by atoms with Gasteiger partial charge in [-0.2, -0.15) is 0 Å². The molecule has 0 saturated heterocycles. The lowest BCUT2D eigenvalue weighted by molar-refractivity contribution is -0.116. The van der Waals surface area contributed by atoms with E-state index in [2.05, 4.69) is 10.3 Å². The van der Waals surface area contributed by atoms with Gasteiger partial charge >= 0.3 is 0 Å². The molecule has 0 unspecified atom stereocenters. The van der Waals surface area contributed by atoms with Gasteiger partial charge in [0.25, 0.3) is 0 Å². The average molecular weight is 181 g/mol. The van der Waals surface area contributed by atoms with Gasteiger partial charge in [0, 0.05) is 25.4 Å². The molecule has 1 N–H and O–H groups in total. The number of aromatic nitrogens is 2. The number of hydrogen-bond acceptors (Lipinski definition) is 2. The standard InChI is InChI=1S/C7H9N3O.C2H6/c11-6-2-1-4-10-5-3-8-7(10)9-6;1-2/h3,5H,1-2,4H2,(H,8,9,11);1-2H3. The Morgan fingerprint density at radius 1 is 1.54 bits per heavy atom. The largest absolute Gasteiger partial charge is 0.317 e. The van der Waals surface area contributed by atoms with Crippen LogP contribution < -0.4 is 5.32 Å². The molecule has 0 bridgehead atoms. The molecule has 0 atom stereocenters. The zero-order chi connectivity index (χ0) is 9.68. The topological polar surface area (TPSA) is 46.9 Å². The monoisotopic (exact) mass is 181 g/mol. The van der Waals surface area contributed by atoms with E-state index in [0.29, 0.717) is 12.4 Å². The number of amides is 1. The summed E-state index contributed by atoms with van der Waals surface area (Å²) >= 11 is 0. The number of fused-ring (bicyclic) bond motifs is 1. The summed E-state index contributed by atoms with van der Waals surface area (Å²) in [5.74, 6) is 0.738. The van der Waals surface area contributed by atoms with E-state index in [-0.39, 0.29) is 5.91 Å². The Bertz CT molecular complexity index is 280. The summed E-state index contributed by atoms with van der Waals surface area (Å²) in [6, 6.07) is 0. The van der Waals surface area contributed by atoms with Gasteiger partial charge in [0.2, 0.25) is 11.9 Å². The summed E-state index contributed by atoms with van der Waals surface area (Å²) in [6.45, 7) is 4.88. The molecule has 0 aliphatic carbocycles. The van der Waals surface area contributed by atoms with Gasteiger partial charge < -0.3 is 4.57 Å². The van der Waals surface area contributed by atoms with Crippen molar-refractivity contribution in [3.63, 3.8) is 0 Å². The van der Waals surface area contributed by atoms with Crippen molar-refractivity contribution in [1.29, 1.82) is 0 Å². The van der Waals surface area contributed by atoms with Crippen LogP contribution in [-0.2, 0) is 11.3 Å². The van der Waals surface area contributed by atoms with Crippen LogP contribution in [0.1, 0.15) is 26.7 Å². The lowest BCUT2D eigenvalue weighted by atomic mass is 10.3. The van der Waals surface area contributed by atoms with Gasteiger partial charge in [-0.15, -0.1) is 0 Å². The van der Waals surface area contributed by atoms with Crippen LogP contribution in [0.15, 0.2) is 12.4 Å². The predicted octanol–water partition coefficient (Wildman–Crippen LogP) is 1.64. The van der Waals surface area contributed by atoms with Crippen LogP contribution in [0.25, 0.3) is 0 Å². The Balaban J connectivity index is 0.000000396. The van der Waals surface area contributed by atoms with Crippen molar-refractivity contribution < 1.29 is 4.79 Å². The number of carbonyl (C=O) groups excluding carboxylic acids is 1. The fourth-order valence-electron chi connectivity index (χ4n) is 1.21. The summed E-state index contributed by atoms with van der Waals surface area (Å²) in [5.41, 5.74) is 0. The van der Waals surface area contributed by atoms with E-state index >= 15 is 0 Å². The number of anilines is 1. The quantitative estimate of drug-likeness (QED) is 0.661. The van der Waals surface area contributed by atoms with Gasteiger partial charge in [-0.25, -0.2) is 4.98 Å². The predicted molar refractivity (Wildman–Crippen MR) is 51.4 cm³/mol. The van der Waals surface area contributed by atoms with Crippen molar-refractivity contribution in [2.24, 2.45) is 0 Å². The molecule has 1 aromatic heterocycles. The number of nitrogens with zero attached hydrogens (tertiary/aromatic N) is 2. The third kappa shape index (κ3) is 2.31. The van der Waals surface area contributed by atoms with Crippen molar-refractivity contribution in [3.8, 4) is 0 Å². The number of hydrogen-bond donors (Lipinski definition) is 1. The molecular weight excluding hydrogens is 166 g/mol. The maximum absolute atomic E-state index is 11.0. The second kappa shape index (κ2) is 4.64. The summed E-state index contributed by atoms with van der Waals surface area (Å²) < 4.78 is 1.95. The number of nitrogens with one attached hydrogen (secondary N) is 1. The molecule has 0 aromatic carbocycles. The summed E-state index contributed by atoms with van der Waals surface area (Å²) in [5, 5.41) is 2.72. The normalized spacial score (nSPS) is 14.8. The van der Waals surface area contributed by atoms with Crippen LogP contribution in [0.4, 0.5) is 5.95 Å². The summed E-state index contributed by atoms with van der Waals surface area (Å²) in [7, 11) is 0. The fraction of sp³-hybridized carbons (Fsp3) is 0.556. The Labute approximate surface area is 78.0 Å². The highest BCUT2D eigenvalue weighted by Gasteiger charge is 2.11. The van der Waals surface area contributed by atoms with E-state index in [1.54, 1.807) is 6.20 Å². The summed E-state index contributed by atoms with van der Waals surface area (Å²) in [4.78, 5) is 15.0. The third-order valence-electron chi connectivity index (χ3n) is 1.77. The molecule has 72 valence electrons. The second-order valence-corrected chi connectivity index (χ2v) is 2.60. The van der Waals surface area contributed by atoms with Crippen LogP contribution in [0.2, 0.25) is 0 Å². The molecule has 1 aliphatic heterocycles. The lowest BCUT2D eigenvalue weighted by Crippen LogP contribution is -2.10. The highest BCUT2D eigenvalue weighted by molar-refractivity contribution is 5.89. The van der Waals surface area contributed by atoms with Crippen molar-refractivity contribution in [3.05, 3.63) is 12.4 Å². The second-order valence-electron chi connectivity index (χ2n) is 2.60. The Kier molecular flexibility index (Phi) is 3.49. The van der Waals surface area contributed by atoms with Crippen molar-refractivity contribution >= 4 is 11.9 Å². The van der Waals surface area contributed by atoms with E-state index in [9.17, 15) is 4.79 Å². The first kappa shape index (κ1) is 9.77. The zero-order valence-corrected chi connectivity index (χ0v) is 8.08. The van der Waals surface area contributed by atoms with E-state index in [4.69, 9.17) is 0 Å². The number of aryl methyl sites for hydroxylation is 1. The SMILES string of the molecule is CC.O=C1CCCn2ccnc2N1. The Morgan fingerprint density at radius 3 is 3.08 bits per heavy atom. The molecule has 0 radical (unpaired) electrons. The molecule has 2 heterocycles. The third-order valence-corrected chi connectivity index (χ3v) is 1.77. The molecule has 0 saturated carbocycles. The van der Waals surface area contributed by atoms with Gasteiger partial charge in [-0.1, -0.05) is 13.8 Å². The fourth-order valence-corrected chi connectivity index (χ4v) is 1.21. The first-order chi connectivity index (χ1) is 6.36.